The Morgan fingerprint density at radius 1 is 1.05 bits per heavy atom. The lowest BCUT2D eigenvalue weighted by Gasteiger charge is -2.27. The van der Waals surface area contributed by atoms with E-state index in [1.54, 1.807) is 24.5 Å². The molecular weight excluding hydrogens is 564 g/mol. The molecule has 226 valence electrons. The summed E-state index contributed by atoms with van der Waals surface area (Å²) in [4.78, 5) is 17.0. The van der Waals surface area contributed by atoms with Crippen LogP contribution in [0.4, 0.5) is 0 Å². The molecule has 2 saturated heterocycles. The maximum absolute atomic E-state index is 11.5. The summed E-state index contributed by atoms with van der Waals surface area (Å²) in [7, 11) is 1.73. The number of carboxylic acids is 1. The number of carboxylic acid groups (broad SMARTS) is 1. The van der Waals surface area contributed by atoms with Gasteiger partial charge in [-0.15, -0.1) is 11.3 Å². The molecule has 3 heterocycles. The first kappa shape index (κ1) is 29.4. The molecule has 0 aliphatic carbocycles. The third kappa shape index (κ3) is 6.80. The zero-order chi connectivity index (χ0) is 29.8. The third-order valence-corrected chi connectivity index (χ3v) is 9.66. The van der Waals surface area contributed by atoms with Crippen LogP contribution in [0.15, 0.2) is 60.7 Å². The number of morpholine rings is 1. The van der Waals surface area contributed by atoms with Crippen LogP contribution in [0, 0.1) is 0 Å². The van der Waals surface area contributed by atoms with Crippen molar-refractivity contribution in [3.8, 4) is 27.7 Å². The van der Waals surface area contributed by atoms with Crippen molar-refractivity contribution in [2.75, 3.05) is 53.1 Å². The quantitative estimate of drug-likeness (QED) is 0.228. The van der Waals surface area contributed by atoms with E-state index >= 15 is 0 Å². The zero-order valence-electron chi connectivity index (χ0n) is 24.5. The van der Waals surface area contributed by atoms with Crippen LogP contribution < -0.4 is 9.47 Å². The Kier molecular flexibility index (Phi) is 9.14. The van der Waals surface area contributed by atoms with Crippen molar-refractivity contribution >= 4 is 27.4 Å². The first-order chi connectivity index (χ1) is 21.0. The van der Waals surface area contributed by atoms with E-state index in [2.05, 4.69) is 35.2 Å². The Morgan fingerprint density at radius 3 is 2.63 bits per heavy atom. The van der Waals surface area contributed by atoms with Gasteiger partial charge in [-0.1, -0.05) is 12.1 Å². The molecule has 8 nitrogen and oxygen atoms in total. The Bertz CT molecular complexity index is 1560. The molecule has 0 bridgehead atoms. The molecule has 9 heteroatoms. The number of benzene rings is 3. The molecule has 1 atom stereocenters. The zero-order valence-corrected chi connectivity index (χ0v) is 25.3. The maximum Gasteiger partial charge on any atom is 0.320 e. The standard InChI is InChI=1S/C34H38N2O6S/c1-40-31-20-23(4-5-25(31)22-35-13-16-41-17-14-35)19-29-28-11-8-26(37)21-32(28)43-33(29)24-6-9-27(10-7-24)42-18-15-36-12-2-3-30(36)34(38)39/h4-11,20-21,30,37H,2-3,12-19,22H2,1H3,(H,38,39)/t30-/m0/s1. The van der Waals surface area contributed by atoms with Crippen LogP contribution in [-0.4, -0.2) is 85.1 Å². The van der Waals surface area contributed by atoms with Crippen molar-refractivity contribution in [1.29, 1.82) is 0 Å². The number of hydrogen-bond acceptors (Lipinski definition) is 8. The van der Waals surface area contributed by atoms with E-state index in [0.717, 1.165) is 89.8 Å². The lowest BCUT2D eigenvalue weighted by molar-refractivity contribution is -0.142. The number of nitrogens with zero attached hydrogens (tertiary/aromatic N) is 2. The smallest absolute Gasteiger partial charge is 0.320 e. The van der Waals surface area contributed by atoms with Crippen molar-refractivity contribution in [3.63, 3.8) is 0 Å². The van der Waals surface area contributed by atoms with E-state index < -0.39 is 12.0 Å². The number of thiophene rings is 1. The minimum atomic E-state index is -0.753. The van der Waals surface area contributed by atoms with Gasteiger partial charge in [0.2, 0.25) is 0 Å². The number of aromatic hydroxyl groups is 1. The first-order valence-corrected chi connectivity index (χ1v) is 15.7. The number of carbonyl (C=O) groups is 1. The lowest BCUT2D eigenvalue weighted by atomic mass is 9.97. The molecule has 0 unspecified atom stereocenters. The van der Waals surface area contributed by atoms with E-state index in [4.69, 9.17) is 14.2 Å². The van der Waals surface area contributed by atoms with Crippen molar-refractivity contribution in [1.82, 2.24) is 9.80 Å². The summed E-state index contributed by atoms with van der Waals surface area (Å²) in [6.45, 7) is 6.06. The second-order valence-corrected chi connectivity index (χ2v) is 12.3. The molecule has 0 spiro atoms. The highest BCUT2D eigenvalue weighted by Crippen LogP contribution is 2.42. The Hall–Kier alpha value is -3.63. The van der Waals surface area contributed by atoms with Gasteiger partial charge in [0.25, 0.3) is 0 Å². The highest BCUT2D eigenvalue weighted by molar-refractivity contribution is 7.22. The fourth-order valence-corrected chi connectivity index (χ4v) is 7.40. The Labute approximate surface area is 256 Å². The minimum absolute atomic E-state index is 0.257. The second kappa shape index (κ2) is 13.3. The molecule has 2 aliphatic rings. The summed E-state index contributed by atoms with van der Waals surface area (Å²) in [5, 5.41) is 20.7. The SMILES string of the molecule is COc1cc(Cc2c(-c3ccc(OCCN4CCC[C@H]4C(=O)O)cc3)sc3cc(O)ccc23)ccc1CN1CCOCC1. The number of ether oxygens (including phenoxy) is 3. The number of likely N-dealkylation sites (tertiary alicyclic amines) is 1. The fourth-order valence-electron chi connectivity index (χ4n) is 6.14. The molecule has 1 aromatic heterocycles. The summed E-state index contributed by atoms with van der Waals surface area (Å²) in [5.74, 6) is 1.16. The molecule has 2 fully saturated rings. The van der Waals surface area contributed by atoms with Crippen molar-refractivity contribution < 1.29 is 29.2 Å². The first-order valence-electron chi connectivity index (χ1n) is 14.9. The van der Waals surface area contributed by atoms with Gasteiger partial charge in [-0.2, -0.15) is 0 Å². The monoisotopic (exact) mass is 602 g/mol. The fraction of sp³-hybridized carbons (Fsp3) is 0.382. The third-order valence-electron chi connectivity index (χ3n) is 8.42. The molecule has 4 aromatic rings. The number of fused-ring (bicyclic) bond motifs is 1. The minimum Gasteiger partial charge on any atom is -0.508 e. The largest absolute Gasteiger partial charge is 0.508 e. The van der Waals surface area contributed by atoms with Gasteiger partial charge in [0, 0.05) is 41.3 Å². The van der Waals surface area contributed by atoms with Gasteiger partial charge in [-0.05, 0) is 96.4 Å². The maximum atomic E-state index is 11.5. The van der Waals surface area contributed by atoms with Crippen molar-refractivity contribution in [2.45, 2.75) is 31.8 Å². The summed E-state index contributed by atoms with van der Waals surface area (Å²) in [5.41, 5.74) is 4.64. The Morgan fingerprint density at radius 2 is 1.86 bits per heavy atom. The van der Waals surface area contributed by atoms with E-state index in [9.17, 15) is 15.0 Å². The van der Waals surface area contributed by atoms with Crippen LogP contribution in [0.2, 0.25) is 0 Å². The average Bonchev–Trinajstić information content (AvgIpc) is 3.63. The summed E-state index contributed by atoms with van der Waals surface area (Å²) >= 11 is 1.68. The van der Waals surface area contributed by atoms with E-state index in [-0.39, 0.29) is 5.75 Å². The molecule has 0 radical (unpaired) electrons. The van der Waals surface area contributed by atoms with Gasteiger partial charge >= 0.3 is 5.97 Å². The molecule has 0 amide bonds. The summed E-state index contributed by atoms with van der Waals surface area (Å²) < 4.78 is 18.4. The van der Waals surface area contributed by atoms with Crippen LogP contribution in [0.1, 0.15) is 29.5 Å². The van der Waals surface area contributed by atoms with Crippen molar-refractivity contribution in [3.05, 3.63) is 77.4 Å². The van der Waals surface area contributed by atoms with Gasteiger partial charge in [0.15, 0.2) is 0 Å². The summed E-state index contributed by atoms with van der Waals surface area (Å²) in [6.07, 6.45) is 2.34. The number of rotatable bonds is 11. The molecule has 6 rings (SSSR count). The second-order valence-electron chi connectivity index (χ2n) is 11.2. The Balaban J connectivity index is 1.20. The predicted molar refractivity (Wildman–Crippen MR) is 169 cm³/mol. The van der Waals surface area contributed by atoms with Gasteiger partial charge in [-0.3, -0.25) is 14.6 Å². The van der Waals surface area contributed by atoms with Crippen LogP contribution >= 0.6 is 11.3 Å². The number of aliphatic carboxylic acids is 1. The molecule has 3 aromatic carbocycles. The van der Waals surface area contributed by atoms with Crippen LogP contribution in [-0.2, 0) is 22.5 Å². The predicted octanol–water partition coefficient (Wildman–Crippen LogP) is 5.63. The van der Waals surface area contributed by atoms with Gasteiger partial charge in [0.05, 0.1) is 20.3 Å². The van der Waals surface area contributed by atoms with Gasteiger partial charge < -0.3 is 24.4 Å². The topological polar surface area (TPSA) is 91.7 Å². The van der Waals surface area contributed by atoms with Crippen LogP contribution in [0.25, 0.3) is 20.5 Å². The van der Waals surface area contributed by atoms with Crippen molar-refractivity contribution in [2.24, 2.45) is 0 Å². The average molecular weight is 603 g/mol. The number of hydrogen-bond donors (Lipinski definition) is 2. The highest BCUT2D eigenvalue weighted by Gasteiger charge is 2.30. The van der Waals surface area contributed by atoms with Crippen LogP contribution in [0.3, 0.4) is 0 Å². The van der Waals surface area contributed by atoms with E-state index in [1.807, 2.05) is 29.2 Å². The molecule has 0 saturated carbocycles. The van der Waals surface area contributed by atoms with Gasteiger partial charge in [0.1, 0.15) is 29.9 Å². The molecule has 2 aliphatic heterocycles. The molecular formula is C34H38N2O6S. The number of phenolic OH excluding ortho intramolecular Hbond substituents is 1. The molecule has 43 heavy (non-hydrogen) atoms. The number of methoxy groups -OCH3 is 1. The van der Waals surface area contributed by atoms with E-state index in [0.29, 0.717) is 19.6 Å². The highest BCUT2D eigenvalue weighted by atomic mass is 32.1. The normalized spacial score (nSPS) is 17.8. The van der Waals surface area contributed by atoms with E-state index in [1.165, 1.54) is 11.1 Å². The molecule has 2 N–H and O–H groups in total. The summed E-state index contributed by atoms with van der Waals surface area (Å²) in [6, 6.07) is 19.8. The lowest BCUT2D eigenvalue weighted by Crippen LogP contribution is -2.38. The van der Waals surface area contributed by atoms with Crippen LogP contribution in [0.5, 0.6) is 17.2 Å². The van der Waals surface area contributed by atoms with Gasteiger partial charge in [-0.25, -0.2) is 0 Å². The number of phenols is 1.